The summed E-state index contributed by atoms with van der Waals surface area (Å²) in [6.07, 6.45) is 0. The molecule has 0 amide bonds. The summed E-state index contributed by atoms with van der Waals surface area (Å²) in [5.41, 5.74) is 1.46. The lowest BCUT2D eigenvalue weighted by Gasteiger charge is -2.04. The van der Waals surface area contributed by atoms with E-state index in [1.807, 2.05) is 24.3 Å². The first-order chi connectivity index (χ1) is 13.2. The highest BCUT2D eigenvalue weighted by molar-refractivity contribution is 7.98. The van der Waals surface area contributed by atoms with E-state index in [1.54, 1.807) is 23.9 Å². The Morgan fingerprint density at radius 1 is 1.11 bits per heavy atom. The molecule has 0 aliphatic heterocycles. The summed E-state index contributed by atoms with van der Waals surface area (Å²) in [6, 6.07) is 13.3. The molecule has 8 nitrogen and oxygen atoms in total. The van der Waals surface area contributed by atoms with Crippen molar-refractivity contribution in [1.29, 1.82) is 0 Å². The van der Waals surface area contributed by atoms with E-state index in [0.29, 0.717) is 28.2 Å². The van der Waals surface area contributed by atoms with Gasteiger partial charge in [0, 0.05) is 5.56 Å². The van der Waals surface area contributed by atoms with Gasteiger partial charge >= 0.3 is 0 Å². The van der Waals surface area contributed by atoms with Crippen LogP contribution >= 0.6 is 11.8 Å². The Labute approximate surface area is 157 Å². The van der Waals surface area contributed by atoms with Gasteiger partial charge in [0.05, 0.1) is 18.6 Å². The molecule has 2 heterocycles. The molecule has 10 heteroatoms. The Bertz CT molecular complexity index is 1030. The number of methoxy groups -OCH3 is 1. The summed E-state index contributed by atoms with van der Waals surface area (Å²) >= 11 is 1.37. The minimum absolute atomic E-state index is 0.320. The lowest BCUT2D eigenvalue weighted by molar-refractivity contribution is 0.414. The maximum Gasteiger partial charge on any atom is 0.257 e. The SMILES string of the molecule is COc1ccc(-n2nnnc2SCc2noc(-c3ccc(F)cc3)n2)cc1. The number of nitrogens with zero attached hydrogens (tertiary/aromatic N) is 6. The van der Waals surface area contributed by atoms with Crippen LogP contribution in [0.3, 0.4) is 0 Å². The van der Waals surface area contributed by atoms with Crippen molar-refractivity contribution in [3.8, 4) is 22.9 Å². The van der Waals surface area contributed by atoms with Gasteiger partial charge in [-0.3, -0.25) is 0 Å². The van der Waals surface area contributed by atoms with E-state index in [0.717, 1.165) is 11.4 Å². The standard InChI is InChI=1S/C17H13FN6O2S/c1-25-14-8-6-13(7-9-14)24-17(20-22-23-24)27-10-15-19-16(26-21-15)11-2-4-12(18)5-3-11/h2-9H,10H2,1H3. The molecule has 0 aliphatic rings. The lowest BCUT2D eigenvalue weighted by Crippen LogP contribution is -1.99. The van der Waals surface area contributed by atoms with Crippen molar-refractivity contribution >= 4 is 11.8 Å². The molecule has 2 aromatic carbocycles. The number of aromatic nitrogens is 6. The van der Waals surface area contributed by atoms with Gasteiger partial charge in [0.2, 0.25) is 5.16 Å². The van der Waals surface area contributed by atoms with Crippen LogP contribution in [0.25, 0.3) is 17.1 Å². The molecule has 0 atom stereocenters. The fourth-order valence-corrected chi connectivity index (χ4v) is 3.04. The third-order valence-electron chi connectivity index (χ3n) is 3.65. The van der Waals surface area contributed by atoms with Gasteiger partial charge in [0.15, 0.2) is 5.82 Å². The lowest BCUT2D eigenvalue weighted by atomic mass is 10.2. The monoisotopic (exact) mass is 384 g/mol. The molecule has 0 unspecified atom stereocenters. The van der Waals surface area contributed by atoms with E-state index in [-0.39, 0.29) is 5.82 Å². The Morgan fingerprint density at radius 2 is 1.89 bits per heavy atom. The van der Waals surface area contributed by atoms with Crippen molar-refractivity contribution in [2.75, 3.05) is 7.11 Å². The van der Waals surface area contributed by atoms with E-state index in [4.69, 9.17) is 9.26 Å². The van der Waals surface area contributed by atoms with Crippen LogP contribution in [0.2, 0.25) is 0 Å². The molecular formula is C17H13FN6O2S. The molecule has 0 aliphatic carbocycles. The zero-order chi connectivity index (χ0) is 18.6. The molecule has 2 aromatic heterocycles. The quantitative estimate of drug-likeness (QED) is 0.468. The predicted octanol–water partition coefficient (Wildman–Crippen LogP) is 3.15. The number of rotatable bonds is 6. The molecular weight excluding hydrogens is 371 g/mol. The summed E-state index contributed by atoms with van der Waals surface area (Å²) in [7, 11) is 1.61. The van der Waals surface area contributed by atoms with E-state index >= 15 is 0 Å². The zero-order valence-corrected chi connectivity index (χ0v) is 14.9. The maximum atomic E-state index is 13.0. The van der Waals surface area contributed by atoms with Crippen molar-refractivity contribution in [3.63, 3.8) is 0 Å². The highest BCUT2D eigenvalue weighted by atomic mass is 32.2. The van der Waals surface area contributed by atoms with Crippen LogP contribution in [0.1, 0.15) is 5.82 Å². The van der Waals surface area contributed by atoms with Crippen LogP contribution < -0.4 is 4.74 Å². The van der Waals surface area contributed by atoms with Crippen molar-refractivity contribution in [2.45, 2.75) is 10.9 Å². The Morgan fingerprint density at radius 3 is 2.63 bits per heavy atom. The molecule has 27 heavy (non-hydrogen) atoms. The summed E-state index contributed by atoms with van der Waals surface area (Å²) in [5, 5.41) is 16.3. The summed E-state index contributed by atoms with van der Waals surface area (Å²) in [5.74, 6) is 1.67. The molecule has 4 aromatic rings. The first kappa shape index (κ1) is 17.2. The first-order valence-corrected chi connectivity index (χ1v) is 8.85. The second kappa shape index (κ2) is 7.54. The number of hydrogen-bond donors (Lipinski definition) is 0. The van der Waals surface area contributed by atoms with Crippen LogP contribution in [0.15, 0.2) is 58.2 Å². The molecule has 0 radical (unpaired) electrons. The Hall–Kier alpha value is -3.27. The molecule has 136 valence electrons. The maximum absolute atomic E-state index is 13.0. The molecule has 4 rings (SSSR count). The van der Waals surface area contributed by atoms with E-state index in [1.165, 1.54) is 23.9 Å². The number of thioether (sulfide) groups is 1. The minimum Gasteiger partial charge on any atom is -0.497 e. The number of ether oxygens (including phenoxy) is 1. The highest BCUT2D eigenvalue weighted by Crippen LogP contribution is 2.24. The Balaban J connectivity index is 1.47. The van der Waals surface area contributed by atoms with E-state index in [2.05, 4.69) is 25.7 Å². The van der Waals surface area contributed by atoms with Crippen molar-refractivity contribution in [2.24, 2.45) is 0 Å². The second-order valence-corrected chi connectivity index (χ2v) is 6.33. The molecule has 0 saturated heterocycles. The highest BCUT2D eigenvalue weighted by Gasteiger charge is 2.13. The average Bonchev–Trinajstić information content (AvgIpc) is 3.36. The van der Waals surface area contributed by atoms with E-state index in [9.17, 15) is 4.39 Å². The van der Waals surface area contributed by atoms with Crippen LogP contribution in [-0.4, -0.2) is 37.5 Å². The first-order valence-electron chi connectivity index (χ1n) is 7.87. The summed E-state index contributed by atoms with van der Waals surface area (Å²) in [6.45, 7) is 0. The van der Waals surface area contributed by atoms with Crippen molar-refractivity contribution < 1.29 is 13.7 Å². The van der Waals surface area contributed by atoms with Crippen LogP contribution in [-0.2, 0) is 5.75 Å². The Kier molecular flexibility index (Phi) is 4.79. The van der Waals surface area contributed by atoms with Gasteiger partial charge < -0.3 is 9.26 Å². The molecule has 0 bridgehead atoms. The molecule has 0 spiro atoms. The fraction of sp³-hybridized carbons (Fsp3) is 0.118. The molecule has 0 N–H and O–H groups in total. The van der Waals surface area contributed by atoms with Crippen LogP contribution in [0.4, 0.5) is 4.39 Å². The van der Waals surface area contributed by atoms with Gasteiger partial charge in [-0.1, -0.05) is 16.9 Å². The topological polar surface area (TPSA) is 91.8 Å². The van der Waals surface area contributed by atoms with Crippen LogP contribution in [0, 0.1) is 5.82 Å². The number of benzene rings is 2. The van der Waals surface area contributed by atoms with Gasteiger partial charge in [-0.15, -0.1) is 5.10 Å². The fourth-order valence-electron chi connectivity index (χ4n) is 2.31. The summed E-state index contributed by atoms with van der Waals surface area (Å²) < 4.78 is 25.0. The zero-order valence-electron chi connectivity index (χ0n) is 14.1. The van der Waals surface area contributed by atoms with Crippen molar-refractivity contribution in [1.82, 2.24) is 30.3 Å². The van der Waals surface area contributed by atoms with Gasteiger partial charge in [0.25, 0.3) is 5.89 Å². The van der Waals surface area contributed by atoms with Gasteiger partial charge in [-0.2, -0.15) is 9.67 Å². The third-order valence-corrected chi connectivity index (χ3v) is 4.56. The largest absolute Gasteiger partial charge is 0.497 e. The van der Waals surface area contributed by atoms with Crippen molar-refractivity contribution in [3.05, 3.63) is 60.2 Å². The van der Waals surface area contributed by atoms with Gasteiger partial charge in [-0.05, 0) is 59.0 Å². The normalized spacial score (nSPS) is 10.9. The van der Waals surface area contributed by atoms with Crippen LogP contribution in [0.5, 0.6) is 5.75 Å². The number of tetrazole rings is 1. The number of halogens is 1. The average molecular weight is 384 g/mol. The van der Waals surface area contributed by atoms with E-state index < -0.39 is 0 Å². The number of hydrogen-bond acceptors (Lipinski definition) is 8. The molecule has 0 saturated carbocycles. The molecule has 0 fully saturated rings. The minimum atomic E-state index is -0.320. The van der Waals surface area contributed by atoms with Gasteiger partial charge in [0.1, 0.15) is 11.6 Å². The van der Waals surface area contributed by atoms with Gasteiger partial charge in [-0.25, -0.2) is 4.39 Å². The third kappa shape index (κ3) is 3.80. The predicted molar refractivity (Wildman–Crippen MR) is 95.0 cm³/mol. The smallest absolute Gasteiger partial charge is 0.257 e. The summed E-state index contributed by atoms with van der Waals surface area (Å²) in [4.78, 5) is 4.32. The second-order valence-electron chi connectivity index (χ2n) is 5.38.